The minimum Gasteiger partial charge on any atom is -0.357 e. The minimum atomic E-state index is 0.574. The van der Waals surface area contributed by atoms with Crippen molar-refractivity contribution in [3.63, 3.8) is 0 Å². The van der Waals surface area contributed by atoms with Crippen molar-refractivity contribution < 1.29 is 4.58 Å². The zero-order valence-electron chi connectivity index (χ0n) is 27.6. The molecule has 0 bridgehead atoms. The first kappa shape index (κ1) is 29.9. The Morgan fingerprint density at radius 3 is 2.16 bits per heavy atom. The molecular weight excluding hydrogens is 522 g/mol. The van der Waals surface area contributed by atoms with Crippen molar-refractivity contribution in [2.45, 2.75) is 105 Å². The molecule has 0 unspecified atom stereocenters. The van der Waals surface area contributed by atoms with Crippen molar-refractivity contribution in [2.75, 3.05) is 19.6 Å². The van der Waals surface area contributed by atoms with E-state index in [1.54, 1.807) is 11.3 Å². The Bertz CT molecular complexity index is 1550. The normalized spacial score (nSPS) is 19.9. The summed E-state index contributed by atoms with van der Waals surface area (Å²) in [5, 5.41) is 0. The van der Waals surface area contributed by atoms with Gasteiger partial charge in [-0.15, -0.1) is 0 Å². The molecule has 2 aliphatic heterocycles. The number of aromatic nitrogens is 1. The third kappa shape index (κ3) is 6.53. The fourth-order valence-corrected chi connectivity index (χ4v) is 8.53. The molecule has 1 N–H and O–H groups in total. The molecule has 0 amide bonds. The Balaban J connectivity index is 1.21. The largest absolute Gasteiger partial charge is 0.357 e. The average Bonchev–Trinajstić information content (AvgIpc) is 3.54. The van der Waals surface area contributed by atoms with Crippen LogP contribution in [0.25, 0.3) is 16.8 Å². The van der Waals surface area contributed by atoms with E-state index >= 15 is 0 Å². The van der Waals surface area contributed by atoms with Gasteiger partial charge in [0, 0.05) is 36.3 Å². The van der Waals surface area contributed by atoms with Crippen molar-refractivity contribution in [2.24, 2.45) is 0 Å². The summed E-state index contributed by atoms with van der Waals surface area (Å²) in [4.78, 5) is 6.58. The van der Waals surface area contributed by atoms with Crippen LogP contribution in [0.4, 0.5) is 0 Å². The Morgan fingerprint density at radius 2 is 1.44 bits per heavy atom. The lowest BCUT2D eigenvalue weighted by molar-refractivity contribution is -0.527. The summed E-state index contributed by atoms with van der Waals surface area (Å²) >= 11 is 0. The molecule has 3 heteroatoms. The van der Waals surface area contributed by atoms with Crippen LogP contribution in [0.2, 0.25) is 0 Å². The predicted molar refractivity (Wildman–Crippen MR) is 183 cm³/mol. The summed E-state index contributed by atoms with van der Waals surface area (Å²) in [5.41, 5.74) is 18.6. The van der Waals surface area contributed by atoms with E-state index in [4.69, 9.17) is 0 Å². The molecule has 1 saturated heterocycles. The van der Waals surface area contributed by atoms with Gasteiger partial charge in [-0.1, -0.05) is 47.5 Å². The number of aromatic amines is 1. The fourth-order valence-electron chi connectivity index (χ4n) is 8.53. The van der Waals surface area contributed by atoms with Crippen LogP contribution in [0.3, 0.4) is 0 Å². The predicted octanol–water partition coefficient (Wildman–Crippen LogP) is 9.33. The third-order valence-corrected chi connectivity index (χ3v) is 10.2. The quantitative estimate of drug-likeness (QED) is 0.279. The van der Waals surface area contributed by atoms with E-state index in [0.29, 0.717) is 6.04 Å². The van der Waals surface area contributed by atoms with Gasteiger partial charge in [0.15, 0.2) is 12.3 Å². The number of rotatable bonds is 7. The molecule has 1 fully saturated rings. The molecule has 6 rings (SSSR count). The van der Waals surface area contributed by atoms with Gasteiger partial charge in [0.25, 0.3) is 0 Å². The van der Waals surface area contributed by atoms with Crippen LogP contribution in [-0.4, -0.2) is 45.8 Å². The molecule has 3 aromatic rings. The van der Waals surface area contributed by atoms with Crippen LogP contribution in [0.5, 0.6) is 0 Å². The maximum Gasteiger partial charge on any atom is 0.169 e. The molecule has 1 aliphatic carbocycles. The van der Waals surface area contributed by atoms with Gasteiger partial charge in [0.1, 0.15) is 6.54 Å². The van der Waals surface area contributed by atoms with Crippen molar-refractivity contribution in [3.05, 3.63) is 98.8 Å². The summed E-state index contributed by atoms with van der Waals surface area (Å²) in [5.74, 6) is 0. The van der Waals surface area contributed by atoms with Crippen molar-refractivity contribution in [1.29, 1.82) is 0 Å². The van der Waals surface area contributed by atoms with Crippen molar-refractivity contribution >= 4 is 11.3 Å². The lowest BCUT2D eigenvalue weighted by Crippen LogP contribution is -2.43. The summed E-state index contributed by atoms with van der Waals surface area (Å²) in [6.07, 6.45) is 15.1. The van der Waals surface area contributed by atoms with E-state index < -0.39 is 0 Å². The molecule has 43 heavy (non-hydrogen) atoms. The number of nitrogens with zero attached hydrogens (tertiary/aromatic N) is 2. The maximum absolute atomic E-state index is 3.81. The first-order valence-electron chi connectivity index (χ1n) is 16.8. The first-order valence-corrected chi connectivity index (χ1v) is 16.8. The minimum absolute atomic E-state index is 0.574. The standard InChI is InChI=1S/C40H52N3/c1-27-21-29(3)39(30(4)22-27)34-12-9-11-33(15-16-34)25-42-19-8-7-13-37(42)38-14-10-20-43(38)26-35-17-18-36(41-35)40-31(5)23-28(2)24-32(40)6/h15-18,21-24,38,41H,7-14,19-20,25-26H2,1-6H3/q+1/t38-/m0/s1. The molecule has 3 aliphatic rings. The first-order chi connectivity index (χ1) is 20.8. The number of nitrogens with one attached hydrogen (secondary N) is 1. The van der Waals surface area contributed by atoms with Gasteiger partial charge in [0.05, 0.1) is 6.04 Å². The van der Waals surface area contributed by atoms with Crippen LogP contribution in [-0.2, 0) is 6.54 Å². The molecule has 226 valence electrons. The molecule has 3 nitrogen and oxygen atoms in total. The molecule has 1 atom stereocenters. The molecule has 1 aromatic heterocycles. The van der Waals surface area contributed by atoms with E-state index in [-0.39, 0.29) is 0 Å². The second-order valence-corrected chi connectivity index (χ2v) is 13.8. The highest BCUT2D eigenvalue weighted by molar-refractivity contribution is 5.86. The summed E-state index contributed by atoms with van der Waals surface area (Å²) in [6.45, 7) is 18.0. The van der Waals surface area contributed by atoms with Gasteiger partial charge in [0.2, 0.25) is 0 Å². The topological polar surface area (TPSA) is 22.0 Å². The average molecular weight is 575 g/mol. The highest BCUT2D eigenvalue weighted by atomic mass is 15.2. The van der Waals surface area contributed by atoms with Gasteiger partial charge < -0.3 is 4.98 Å². The van der Waals surface area contributed by atoms with Crippen LogP contribution < -0.4 is 0 Å². The SMILES string of the molecule is Cc1cc(C)c(C2=CC=C(C[N+]3=C([C@@H]4CCCN4Cc4ccc(-c5c(C)cc(C)cc5C)[nH]4)CCCC3)CCC2)c(C)c1. The molecule has 3 heterocycles. The molecule has 2 aromatic carbocycles. The number of aryl methyl sites for hydroxylation is 6. The van der Waals surface area contributed by atoms with E-state index in [2.05, 4.69) is 105 Å². The van der Waals surface area contributed by atoms with Crippen LogP contribution >= 0.6 is 0 Å². The Kier molecular flexibility index (Phi) is 8.91. The number of likely N-dealkylation sites (tertiary alicyclic amines) is 1. The van der Waals surface area contributed by atoms with E-state index in [1.165, 1.54) is 126 Å². The lowest BCUT2D eigenvalue weighted by Gasteiger charge is -2.27. The number of benzene rings is 2. The van der Waals surface area contributed by atoms with Crippen molar-refractivity contribution in [1.82, 2.24) is 9.88 Å². The van der Waals surface area contributed by atoms with Gasteiger partial charge in [-0.05, 0) is 138 Å². The van der Waals surface area contributed by atoms with Gasteiger partial charge >= 0.3 is 0 Å². The fraction of sp³-hybridized carbons (Fsp3) is 0.475. The highest BCUT2D eigenvalue weighted by Crippen LogP contribution is 2.33. The molecular formula is C40H52N3+. The zero-order chi connectivity index (χ0) is 30.1. The number of H-pyrrole nitrogens is 1. The second kappa shape index (κ2) is 12.8. The van der Waals surface area contributed by atoms with Crippen LogP contribution in [0.1, 0.15) is 96.0 Å². The summed E-state index contributed by atoms with van der Waals surface area (Å²) in [7, 11) is 0. The number of hydrogen-bond donors (Lipinski definition) is 1. The second-order valence-electron chi connectivity index (χ2n) is 13.8. The molecule has 0 saturated carbocycles. The zero-order valence-corrected chi connectivity index (χ0v) is 27.6. The number of allylic oxidation sites excluding steroid dienone is 3. The van der Waals surface area contributed by atoms with E-state index in [1.807, 2.05) is 0 Å². The summed E-state index contributed by atoms with van der Waals surface area (Å²) < 4.78 is 2.79. The van der Waals surface area contributed by atoms with Crippen molar-refractivity contribution in [3.8, 4) is 11.3 Å². The Labute approximate surface area is 260 Å². The van der Waals surface area contributed by atoms with Crippen LogP contribution in [0.15, 0.2) is 54.1 Å². The van der Waals surface area contributed by atoms with Gasteiger partial charge in [-0.3, -0.25) is 4.90 Å². The van der Waals surface area contributed by atoms with E-state index in [9.17, 15) is 0 Å². The number of hydrogen-bond acceptors (Lipinski definition) is 1. The van der Waals surface area contributed by atoms with E-state index in [0.717, 1.165) is 13.1 Å². The third-order valence-electron chi connectivity index (χ3n) is 10.2. The maximum atomic E-state index is 3.81. The Hall–Kier alpha value is -3.17. The highest BCUT2D eigenvalue weighted by Gasteiger charge is 2.36. The smallest absolute Gasteiger partial charge is 0.169 e. The van der Waals surface area contributed by atoms with Gasteiger partial charge in [-0.25, -0.2) is 4.58 Å². The van der Waals surface area contributed by atoms with Gasteiger partial charge in [-0.2, -0.15) is 0 Å². The van der Waals surface area contributed by atoms with Crippen LogP contribution in [0, 0.1) is 41.5 Å². The molecule has 0 spiro atoms. The summed E-state index contributed by atoms with van der Waals surface area (Å²) in [6, 6.07) is 14.5. The lowest BCUT2D eigenvalue weighted by atomic mass is 9.91. The monoisotopic (exact) mass is 574 g/mol. The Morgan fingerprint density at radius 1 is 0.744 bits per heavy atom. The molecule has 0 radical (unpaired) electrons.